The van der Waals surface area contributed by atoms with Gasteiger partial charge in [-0.3, -0.25) is 9.59 Å². The fourth-order valence-corrected chi connectivity index (χ4v) is 5.00. The number of amidine groups is 1. The molecule has 1 atom stereocenters. The van der Waals surface area contributed by atoms with Crippen LogP contribution in [0.3, 0.4) is 0 Å². The number of ether oxygens (including phenoxy) is 1. The van der Waals surface area contributed by atoms with Crippen molar-refractivity contribution >= 4 is 29.8 Å². The summed E-state index contributed by atoms with van der Waals surface area (Å²) in [7, 11) is 0. The van der Waals surface area contributed by atoms with Crippen molar-refractivity contribution in [3.05, 3.63) is 72.8 Å². The molecule has 1 aromatic heterocycles. The van der Waals surface area contributed by atoms with Gasteiger partial charge in [0.25, 0.3) is 0 Å². The summed E-state index contributed by atoms with van der Waals surface area (Å²) in [4.78, 5) is 37.4. The van der Waals surface area contributed by atoms with Gasteiger partial charge in [-0.25, -0.2) is 9.67 Å². The zero-order chi connectivity index (χ0) is 25.4. The Kier molecular flexibility index (Phi) is 5.88. The van der Waals surface area contributed by atoms with E-state index in [1.807, 2.05) is 64.2 Å². The number of nitrogens with zero attached hydrogens (tertiary/aromatic N) is 6. The molecule has 6 rings (SSSR count). The van der Waals surface area contributed by atoms with Crippen molar-refractivity contribution in [1.29, 1.82) is 0 Å². The molecule has 1 saturated heterocycles. The van der Waals surface area contributed by atoms with Gasteiger partial charge in [-0.05, 0) is 55.3 Å². The second-order valence-electron chi connectivity index (χ2n) is 9.23. The van der Waals surface area contributed by atoms with E-state index in [1.165, 1.54) is 6.08 Å². The van der Waals surface area contributed by atoms with Crippen molar-refractivity contribution < 1.29 is 14.3 Å². The maximum Gasteiger partial charge on any atom is 0.249 e. The second kappa shape index (κ2) is 9.50. The van der Waals surface area contributed by atoms with Crippen LogP contribution >= 0.6 is 0 Å². The van der Waals surface area contributed by atoms with E-state index in [1.54, 1.807) is 11.2 Å². The number of hydrogen-bond acceptors (Lipinski definition) is 6. The molecule has 0 unspecified atom stereocenters. The Morgan fingerprint density at radius 2 is 1.84 bits per heavy atom. The van der Waals surface area contributed by atoms with Crippen LogP contribution in [0.2, 0.25) is 0 Å². The fraction of sp³-hybridized carbons (Fsp3) is 0.250. The Hall–Kier alpha value is -4.53. The average Bonchev–Trinajstić information content (AvgIpc) is 3.34. The summed E-state index contributed by atoms with van der Waals surface area (Å²) in [6.45, 7) is 5.37. The first-order valence-corrected chi connectivity index (χ1v) is 12.4. The van der Waals surface area contributed by atoms with Crippen molar-refractivity contribution in [3.8, 4) is 22.8 Å². The lowest BCUT2D eigenvalue weighted by Gasteiger charge is -2.33. The highest BCUT2D eigenvalue weighted by Crippen LogP contribution is 2.39. The minimum absolute atomic E-state index is 0.0515. The molecule has 3 aliphatic heterocycles. The van der Waals surface area contributed by atoms with Gasteiger partial charge in [0.1, 0.15) is 17.2 Å². The van der Waals surface area contributed by atoms with Gasteiger partial charge >= 0.3 is 0 Å². The molecule has 0 aliphatic carbocycles. The summed E-state index contributed by atoms with van der Waals surface area (Å²) in [5.41, 5.74) is 2.30. The van der Waals surface area contributed by atoms with E-state index in [0.29, 0.717) is 49.2 Å². The van der Waals surface area contributed by atoms with Crippen LogP contribution in [0.1, 0.15) is 30.9 Å². The van der Waals surface area contributed by atoms with Gasteiger partial charge in [-0.15, -0.1) is 0 Å². The molecule has 2 aromatic carbocycles. The molecule has 0 saturated carbocycles. The van der Waals surface area contributed by atoms with E-state index in [0.717, 1.165) is 29.7 Å². The molecule has 186 valence electrons. The molecule has 3 aromatic rings. The van der Waals surface area contributed by atoms with Crippen molar-refractivity contribution in [2.75, 3.05) is 19.6 Å². The smallest absolute Gasteiger partial charge is 0.249 e. The molecule has 9 nitrogen and oxygen atoms in total. The summed E-state index contributed by atoms with van der Waals surface area (Å²) in [5.74, 6) is 2.45. The molecule has 0 spiro atoms. The molecule has 0 radical (unpaired) electrons. The van der Waals surface area contributed by atoms with Gasteiger partial charge in [-0.2, -0.15) is 10.1 Å². The van der Waals surface area contributed by atoms with Crippen LogP contribution in [-0.2, 0) is 9.59 Å². The molecule has 0 N–H and O–H groups in total. The van der Waals surface area contributed by atoms with Crippen LogP contribution in [0, 0.1) is 0 Å². The monoisotopic (exact) mass is 494 g/mol. The molecular weight excluding hydrogens is 468 g/mol. The first kappa shape index (κ1) is 22.9. The molecule has 4 heterocycles. The highest BCUT2D eigenvalue weighted by Gasteiger charge is 2.35. The first-order chi connectivity index (χ1) is 18.1. The van der Waals surface area contributed by atoms with E-state index < -0.39 is 0 Å². The standard InChI is InChI=1S/C28H26N6O3/c1-2-24(36)32-15-6-7-20(17-32)34-27-25(28-30-23(35)14-16-33(28)18-29-27)26(31-34)19-10-12-22(13-11-19)37-21-8-4-3-5-9-21/h2-5,8-13,18,20H,1,6-7,14-17H2/t20-/m0/s1. The summed E-state index contributed by atoms with van der Waals surface area (Å²) >= 11 is 0. The normalized spacial score (nSPS) is 18.6. The number of piperidine rings is 1. The molecule has 2 amide bonds. The number of aromatic nitrogens is 2. The number of benzene rings is 2. The van der Waals surface area contributed by atoms with Crippen LogP contribution < -0.4 is 4.74 Å². The highest BCUT2D eigenvalue weighted by molar-refractivity contribution is 6.17. The first-order valence-electron chi connectivity index (χ1n) is 12.4. The molecule has 3 aliphatic rings. The predicted octanol–water partition coefficient (Wildman–Crippen LogP) is 4.34. The molecule has 1 fully saturated rings. The van der Waals surface area contributed by atoms with Crippen molar-refractivity contribution in [2.45, 2.75) is 25.3 Å². The number of aliphatic imine (C=N–C) groups is 2. The molecular formula is C28H26N6O3. The van der Waals surface area contributed by atoms with Gasteiger partial charge in [-0.1, -0.05) is 24.8 Å². The maximum atomic E-state index is 12.3. The quantitative estimate of drug-likeness (QED) is 0.492. The Morgan fingerprint density at radius 3 is 2.62 bits per heavy atom. The number of likely N-dealkylation sites (tertiary alicyclic amines) is 1. The van der Waals surface area contributed by atoms with Crippen LogP contribution in [0.15, 0.2) is 77.2 Å². The van der Waals surface area contributed by atoms with E-state index in [4.69, 9.17) is 14.8 Å². The Balaban J connectivity index is 1.41. The zero-order valence-corrected chi connectivity index (χ0v) is 20.3. The topological polar surface area (TPSA) is 92.4 Å². The van der Waals surface area contributed by atoms with Gasteiger partial charge < -0.3 is 14.5 Å². The van der Waals surface area contributed by atoms with Crippen LogP contribution in [0.25, 0.3) is 11.3 Å². The highest BCUT2D eigenvalue weighted by atomic mass is 16.5. The average molecular weight is 495 g/mol. The number of carbonyl (C=O) groups excluding carboxylic acids is 2. The minimum atomic E-state index is -0.154. The molecule has 0 bridgehead atoms. The molecule has 9 heteroatoms. The van der Waals surface area contributed by atoms with Crippen molar-refractivity contribution in [1.82, 2.24) is 19.6 Å². The summed E-state index contributed by atoms with van der Waals surface area (Å²) in [6, 6.07) is 17.3. The van der Waals surface area contributed by atoms with E-state index in [2.05, 4.69) is 11.6 Å². The Morgan fingerprint density at radius 1 is 1.05 bits per heavy atom. The number of para-hydroxylation sites is 1. The van der Waals surface area contributed by atoms with E-state index >= 15 is 0 Å². The third-order valence-corrected chi connectivity index (χ3v) is 6.83. The van der Waals surface area contributed by atoms with Crippen LogP contribution in [0.4, 0.5) is 5.82 Å². The predicted molar refractivity (Wildman–Crippen MR) is 140 cm³/mol. The van der Waals surface area contributed by atoms with Gasteiger partial charge in [0.05, 0.1) is 17.9 Å². The van der Waals surface area contributed by atoms with Gasteiger partial charge in [0.2, 0.25) is 11.8 Å². The number of hydrogen-bond donors (Lipinski definition) is 0. The third-order valence-electron chi connectivity index (χ3n) is 6.83. The van der Waals surface area contributed by atoms with Crippen molar-refractivity contribution in [2.24, 2.45) is 9.98 Å². The third kappa shape index (κ3) is 4.33. The fourth-order valence-electron chi connectivity index (χ4n) is 5.00. The van der Waals surface area contributed by atoms with E-state index in [-0.39, 0.29) is 17.9 Å². The Bertz CT molecular complexity index is 1420. The van der Waals surface area contributed by atoms with Gasteiger partial charge in [0.15, 0.2) is 11.7 Å². The number of rotatable bonds is 5. The second-order valence-corrected chi connectivity index (χ2v) is 9.23. The lowest BCUT2D eigenvalue weighted by Crippen LogP contribution is -2.40. The largest absolute Gasteiger partial charge is 0.457 e. The summed E-state index contributed by atoms with van der Waals surface area (Å²) in [6.07, 6.45) is 5.14. The van der Waals surface area contributed by atoms with Crippen molar-refractivity contribution in [3.63, 3.8) is 0 Å². The van der Waals surface area contributed by atoms with Gasteiger partial charge in [0, 0.05) is 31.6 Å². The number of carbonyl (C=O) groups is 2. The molecule has 37 heavy (non-hydrogen) atoms. The van der Waals surface area contributed by atoms with Crippen LogP contribution in [0.5, 0.6) is 11.5 Å². The van der Waals surface area contributed by atoms with Crippen LogP contribution in [-0.4, -0.2) is 63.2 Å². The lowest BCUT2D eigenvalue weighted by atomic mass is 10.0. The van der Waals surface area contributed by atoms with E-state index in [9.17, 15) is 9.59 Å². The minimum Gasteiger partial charge on any atom is -0.457 e. The SMILES string of the molecule is C=CC(=O)N1CCC[C@H](n2nc(-c3ccc(Oc4ccccc4)cc3)c3c2N=CN2CCC(=O)N=C32)C1. The number of fused-ring (bicyclic) bond motifs is 3. The summed E-state index contributed by atoms with van der Waals surface area (Å²) in [5, 5.41) is 5.01. The zero-order valence-electron chi connectivity index (χ0n) is 20.3. The summed E-state index contributed by atoms with van der Waals surface area (Å²) < 4.78 is 7.86. The maximum absolute atomic E-state index is 12.3. The lowest BCUT2D eigenvalue weighted by molar-refractivity contribution is -0.127. The number of amides is 2. The Labute approximate surface area is 214 Å².